The van der Waals surface area contributed by atoms with Gasteiger partial charge in [-0.1, -0.05) is 254 Å². The van der Waals surface area contributed by atoms with Crippen molar-refractivity contribution in [3.8, 4) is 0 Å². The molecule has 0 aromatic carbocycles. The Hall–Kier alpha value is 0. The van der Waals surface area contributed by atoms with Crippen LogP contribution in [0.2, 0.25) is 0 Å². The van der Waals surface area contributed by atoms with Crippen LogP contribution in [0.25, 0.3) is 0 Å². The average Bonchev–Trinajstić information content (AvgIpc) is 3.09. The zero-order valence-electron chi connectivity index (χ0n) is 47.3. The van der Waals surface area contributed by atoms with Crippen LogP contribution in [-0.2, 0) is 0 Å². The van der Waals surface area contributed by atoms with E-state index >= 15 is 0 Å². The first kappa shape index (κ1) is 78.2. The number of rotatable bonds is 33. The first-order valence-corrected chi connectivity index (χ1v) is 27.5. The summed E-state index contributed by atoms with van der Waals surface area (Å²) in [7, 11) is 0. The summed E-state index contributed by atoms with van der Waals surface area (Å²) in [6.45, 7) is 57.3. The highest BCUT2D eigenvalue weighted by molar-refractivity contribution is 4.85. The summed E-state index contributed by atoms with van der Waals surface area (Å²) in [5.41, 5.74) is 1.85. The van der Waals surface area contributed by atoms with Crippen molar-refractivity contribution in [1.82, 2.24) is 0 Å². The van der Waals surface area contributed by atoms with Crippen LogP contribution in [0.3, 0.4) is 0 Å². The summed E-state index contributed by atoms with van der Waals surface area (Å²) in [5.74, 6) is 10.1. The lowest BCUT2D eigenvalue weighted by Crippen LogP contribution is -2.25. The Morgan fingerprint density at radius 2 is 0.266 bits per heavy atom. The quantitative estimate of drug-likeness (QED) is 0.0615. The molecule has 0 heterocycles. The minimum atomic E-state index is 0. The van der Waals surface area contributed by atoms with Gasteiger partial charge in [0.25, 0.3) is 0 Å². The van der Waals surface area contributed by atoms with Crippen LogP contribution in [0.4, 0.5) is 0 Å². The Kier molecular flexibility index (Phi) is 52.6. The smallest absolute Gasteiger partial charge is 0.0295 e. The molecule has 0 unspecified atom stereocenters. The SMILES string of the molecule is C.C.C.C.CC(C)CCC(CCC(C)C)(CCC(C)C)CC(C)C.CC(C)CCC(CCC(C)C)(CCC(C)C)CC(C)C.CC(C)CCC(CCC(C)C)(CCC(C)C)CC(C)C. The van der Waals surface area contributed by atoms with Gasteiger partial charge in [-0.3, -0.25) is 0 Å². The van der Waals surface area contributed by atoms with E-state index < -0.39 is 0 Å². The molecule has 0 aromatic heterocycles. The molecule has 0 fully saturated rings. The summed E-state index contributed by atoms with van der Waals surface area (Å²) in [6, 6.07) is 0. The first-order valence-electron chi connectivity index (χ1n) is 27.5. The molecule has 0 saturated heterocycles. The predicted octanol–water partition coefficient (Wildman–Crippen LogP) is 24.5. The molecule has 0 aliphatic heterocycles. The highest BCUT2D eigenvalue weighted by Crippen LogP contribution is 2.46. The standard InChI is InChI=1S/3C20H42.4CH4/c3*1-16(2)9-12-20(15-19(7)8,13-10-17(3)4)14-11-18(5)6;;;;/h3*16-19H,9-15H2,1-8H3;4*1H4. The molecule has 0 bridgehead atoms. The van der Waals surface area contributed by atoms with Crippen molar-refractivity contribution >= 4 is 0 Å². The average molecular weight is 912 g/mol. The van der Waals surface area contributed by atoms with E-state index in [4.69, 9.17) is 0 Å². The molecule has 0 radical (unpaired) electrons. The normalized spacial score (nSPS) is 12.4. The van der Waals surface area contributed by atoms with Crippen molar-refractivity contribution in [3.05, 3.63) is 0 Å². The molecule has 398 valence electrons. The van der Waals surface area contributed by atoms with Gasteiger partial charge >= 0.3 is 0 Å². The van der Waals surface area contributed by atoms with Gasteiger partial charge in [0, 0.05) is 0 Å². The molecule has 0 nitrogen and oxygen atoms in total. The maximum Gasteiger partial charge on any atom is -0.0295 e. The first-order chi connectivity index (χ1) is 27.5. The number of hydrogen-bond donors (Lipinski definition) is 0. The predicted molar refractivity (Wildman–Crippen MR) is 309 cm³/mol. The van der Waals surface area contributed by atoms with Gasteiger partial charge in [0.2, 0.25) is 0 Å². The molecule has 0 rings (SSSR count). The molecular formula is C64H142. The Labute approximate surface area is 416 Å². The lowest BCUT2D eigenvalue weighted by atomic mass is 9.68. The third-order valence-corrected chi connectivity index (χ3v) is 13.8. The van der Waals surface area contributed by atoms with Crippen molar-refractivity contribution < 1.29 is 0 Å². The summed E-state index contributed by atoms with van der Waals surface area (Å²) in [4.78, 5) is 0. The Balaban J connectivity index is -0.000000148. The van der Waals surface area contributed by atoms with E-state index in [9.17, 15) is 0 Å². The molecule has 0 N–H and O–H groups in total. The van der Waals surface area contributed by atoms with Crippen molar-refractivity contribution in [2.45, 2.75) is 331 Å². The highest BCUT2D eigenvalue weighted by atomic mass is 14.4. The Morgan fingerprint density at radius 3 is 0.328 bits per heavy atom. The Morgan fingerprint density at radius 1 is 0.172 bits per heavy atom. The van der Waals surface area contributed by atoms with Crippen LogP contribution >= 0.6 is 0 Å². The molecule has 0 aromatic rings. The number of hydrogen-bond acceptors (Lipinski definition) is 0. The van der Waals surface area contributed by atoms with Gasteiger partial charge in [-0.2, -0.15) is 0 Å². The van der Waals surface area contributed by atoms with Crippen molar-refractivity contribution in [2.24, 2.45) is 87.3 Å². The van der Waals surface area contributed by atoms with Gasteiger partial charge in [0.1, 0.15) is 0 Å². The van der Waals surface area contributed by atoms with Crippen molar-refractivity contribution in [3.63, 3.8) is 0 Å². The van der Waals surface area contributed by atoms with Crippen LogP contribution in [0.1, 0.15) is 331 Å². The minimum absolute atomic E-state index is 0. The van der Waals surface area contributed by atoms with Gasteiger partial charge in [-0.25, -0.2) is 0 Å². The van der Waals surface area contributed by atoms with E-state index in [-0.39, 0.29) is 29.7 Å². The van der Waals surface area contributed by atoms with Gasteiger partial charge in [0.05, 0.1) is 0 Å². The highest BCUT2D eigenvalue weighted by Gasteiger charge is 2.33. The van der Waals surface area contributed by atoms with Crippen molar-refractivity contribution in [1.29, 1.82) is 0 Å². The third-order valence-electron chi connectivity index (χ3n) is 13.8. The van der Waals surface area contributed by atoms with E-state index in [0.29, 0.717) is 16.2 Å². The van der Waals surface area contributed by atoms with Gasteiger partial charge in [0.15, 0.2) is 0 Å². The molecule has 0 aliphatic rings. The molecule has 0 amide bonds. The summed E-state index contributed by atoms with van der Waals surface area (Å²) in [5, 5.41) is 0. The van der Waals surface area contributed by atoms with Gasteiger partial charge in [-0.15, -0.1) is 0 Å². The van der Waals surface area contributed by atoms with E-state index in [0.717, 1.165) is 71.0 Å². The second-order valence-electron chi connectivity index (χ2n) is 26.7. The van der Waals surface area contributed by atoms with Crippen LogP contribution in [-0.4, -0.2) is 0 Å². The lowest BCUT2D eigenvalue weighted by Gasteiger charge is -2.38. The van der Waals surface area contributed by atoms with E-state index in [2.05, 4.69) is 166 Å². The van der Waals surface area contributed by atoms with Crippen LogP contribution in [0, 0.1) is 87.3 Å². The molecule has 64 heavy (non-hydrogen) atoms. The third kappa shape index (κ3) is 48.5. The summed E-state index contributed by atoms with van der Waals surface area (Å²) < 4.78 is 0. The van der Waals surface area contributed by atoms with Crippen LogP contribution < -0.4 is 0 Å². The van der Waals surface area contributed by atoms with E-state index in [1.54, 1.807) is 0 Å². The summed E-state index contributed by atoms with van der Waals surface area (Å²) in [6.07, 6.45) is 30.0. The zero-order valence-corrected chi connectivity index (χ0v) is 47.3. The zero-order chi connectivity index (χ0) is 47.3. The monoisotopic (exact) mass is 911 g/mol. The lowest BCUT2D eigenvalue weighted by molar-refractivity contribution is 0.140. The van der Waals surface area contributed by atoms with Crippen LogP contribution in [0.5, 0.6) is 0 Å². The fourth-order valence-corrected chi connectivity index (χ4v) is 10.00. The van der Waals surface area contributed by atoms with Gasteiger partial charge < -0.3 is 0 Å². The molecule has 0 atom stereocenters. The molecular weight excluding hydrogens is 769 g/mol. The fourth-order valence-electron chi connectivity index (χ4n) is 10.00. The van der Waals surface area contributed by atoms with E-state index in [1.165, 1.54) is 135 Å². The topological polar surface area (TPSA) is 0 Å². The Bertz CT molecular complexity index is 692. The molecule has 0 spiro atoms. The second kappa shape index (κ2) is 43.1. The molecule has 0 aliphatic carbocycles. The van der Waals surface area contributed by atoms with Crippen LogP contribution in [0.15, 0.2) is 0 Å². The largest absolute Gasteiger partial charge is 0.0776 e. The summed E-state index contributed by atoms with van der Waals surface area (Å²) >= 11 is 0. The maximum absolute atomic E-state index is 2.41. The second-order valence-corrected chi connectivity index (χ2v) is 26.7. The minimum Gasteiger partial charge on any atom is -0.0776 e. The molecule has 0 saturated carbocycles. The maximum atomic E-state index is 2.41. The molecule has 0 heteroatoms. The van der Waals surface area contributed by atoms with E-state index in [1.807, 2.05) is 0 Å². The van der Waals surface area contributed by atoms with Crippen molar-refractivity contribution in [2.75, 3.05) is 0 Å². The van der Waals surface area contributed by atoms with Gasteiger partial charge in [-0.05, 0) is 164 Å². The fraction of sp³-hybridized carbons (Fsp3) is 1.00.